The summed E-state index contributed by atoms with van der Waals surface area (Å²) >= 11 is 3.37. The minimum Gasteiger partial charge on any atom is -0.289 e. The number of rotatable bonds is 2. The molecule has 2 aliphatic rings. The number of hydrogen-bond donors (Lipinski definition) is 0. The zero-order valence-corrected chi connectivity index (χ0v) is 13.7. The van der Waals surface area contributed by atoms with Crippen LogP contribution in [0.1, 0.15) is 32.6 Å². The lowest BCUT2D eigenvalue weighted by atomic mass is 10.0. The van der Waals surface area contributed by atoms with E-state index in [2.05, 4.69) is 27.8 Å². The van der Waals surface area contributed by atoms with Crippen LogP contribution in [-0.2, 0) is 9.59 Å². The zero-order chi connectivity index (χ0) is 15.0. The lowest BCUT2D eigenvalue weighted by Gasteiger charge is -2.36. The fraction of sp³-hybridized carbons (Fsp3) is 0.500. The summed E-state index contributed by atoms with van der Waals surface area (Å²) in [6, 6.07) is 7.42. The molecular formula is C16H19BrN2O2. The molecule has 1 aromatic rings. The van der Waals surface area contributed by atoms with Crippen molar-refractivity contribution >= 4 is 33.4 Å². The minimum atomic E-state index is -0.281. The summed E-state index contributed by atoms with van der Waals surface area (Å²) in [4.78, 5) is 28.6. The molecular weight excluding hydrogens is 332 g/mol. The Morgan fingerprint density at radius 1 is 1.14 bits per heavy atom. The van der Waals surface area contributed by atoms with Gasteiger partial charge in [0.1, 0.15) is 0 Å². The molecule has 112 valence electrons. The number of carbonyl (C=O) groups excluding carboxylic acids is 2. The summed E-state index contributed by atoms with van der Waals surface area (Å²) in [5, 5.41) is 0. The summed E-state index contributed by atoms with van der Waals surface area (Å²) in [7, 11) is 0. The lowest BCUT2D eigenvalue weighted by Crippen LogP contribution is -2.48. The number of hydrogen-bond acceptors (Lipinski definition) is 3. The number of halogens is 1. The van der Waals surface area contributed by atoms with Gasteiger partial charge in [0, 0.05) is 10.5 Å². The first-order valence-corrected chi connectivity index (χ1v) is 8.25. The Morgan fingerprint density at radius 3 is 2.52 bits per heavy atom. The highest BCUT2D eigenvalue weighted by atomic mass is 79.9. The second-order valence-electron chi connectivity index (χ2n) is 5.85. The Kier molecular flexibility index (Phi) is 4.13. The average molecular weight is 351 g/mol. The van der Waals surface area contributed by atoms with E-state index in [4.69, 9.17) is 0 Å². The Morgan fingerprint density at radius 2 is 1.86 bits per heavy atom. The predicted molar refractivity (Wildman–Crippen MR) is 85.1 cm³/mol. The summed E-state index contributed by atoms with van der Waals surface area (Å²) in [5.41, 5.74) is 0.667. The first-order chi connectivity index (χ1) is 10.1. The van der Waals surface area contributed by atoms with Crippen LogP contribution in [0.2, 0.25) is 0 Å². The Bertz CT molecular complexity index is 558. The van der Waals surface area contributed by atoms with Crippen LogP contribution in [0.25, 0.3) is 0 Å². The van der Waals surface area contributed by atoms with E-state index < -0.39 is 0 Å². The average Bonchev–Trinajstić information content (AvgIpc) is 2.76. The number of imide groups is 1. The smallest absolute Gasteiger partial charge is 0.251 e. The van der Waals surface area contributed by atoms with Gasteiger partial charge in [-0.3, -0.25) is 14.5 Å². The molecule has 0 aliphatic carbocycles. The highest BCUT2D eigenvalue weighted by Crippen LogP contribution is 2.30. The van der Waals surface area contributed by atoms with Crippen LogP contribution in [0.15, 0.2) is 28.7 Å². The molecule has 0 unspecified atom stereocenters. The number of carbonyl (C=O) groups is 2. The van der Waals surface area contributed by atoms with Crippen molar-refractivity contribution in [3.63, 3.8) is 0 Å². The van der Waals surface area contributed by atoms with Crippen molar-refractivity contribution in [3.8, 4) is 0 Å². The summed E-state index contributed by atoms with van der Waals surface area (Å²) in [6.07, 6.45) is 3.74. The van der Waals surface area contributed by atoms with Gasteiger partial charge in [-0.2, -0.15) is 0 Å². The highest BCUT2D eigenvalue weighted by Gasteiger charge is 2.44. The van der Waals surface area contributed by atoms with Crippen LogP contribution in [0.4, 0.5) is 5.69 Å². The van der Waals surface area contributed by atoms with E-state index in [0.717, 1.165) is 23.9 Å². The zero-order valence-electron chi connectivity index (χ0n) is 12.1. The van der Waals surface area contributed by atoms with Gasteiger partial charge in [-0.05, 0) is 50.6 Å². The molecule has 2 atom stereocenters. The summed E-state index contributed by atoms with van der Waals surface area (Å²) < 4.78 is 0.937. The second-order valence-corrected chi connectivity index (χ2v) is 6.76. The van der Waals surface area contributed by atoms with Crippen molar-refractivity contribution < 1.29 is 9.59 Å². The van der Waals surface area contributed by atoms with Gasteiger partial charge in [-0.15, -0.1) is 0 Å². The van der Waals surface area contributed by atoms with Gasteiger partial charge in [-0.1, -0.05) is 22.4 Å². The quantitative estimate of drug-likeness (QED) is 0.770. The van der Waals surface area contributed by atoms with Gasteiger partial charge in [0.05, 0.1) is 18.2 Å². The molecule has 0 radical (unpaired) electrons. The number of amides is 2. The first kappa shape index (κ1) is 14.7. The van der Waals surface area contributed by atoms with Crippen molar-refractivity contribution in [2.45, 2.75) is 44.7 Å². The molecule has 5 heteroatoms. The molecule has 2 amide bonds. The molecule has 2 aliphatic heterocycles. The standard InChI is InChI=1S/C16H19BrN2O2/c1-11-4-2-3-9-18(11)14-10-15(20)19(16(14)21)13-7-5-12(17)6-8-13/h5-8,11,14H,2-4,9-10H2,1H3/t11-,14+/m0/s1. The third kappa shape index (κ3) is 2.77. The largest absolute Gasteiger partial charge is 0.289 e. The van der Waals surface area contributed by atoms with Gasteiger partial charge >= 0.3 is 0 Å². The maximum atomic E-state index is 12.7. The molecule has 21 heavy (non-hydrogen) atoms. The van der Waals surface area contributed by atoms with E-state index in [1.165, 1.54) is 11.3 Å². The molecule has 0 bridgehead atoms. The Hall–Kier alpha value is -1.20. The normalized spacial score (nSPS) is 27.4. The van der Waals surface area contributed by atoms with Crippen molar-refractivity contribution in [2.75, 3.05) is 11.4 Å². The van der Waals surface area contributed by atoms with Gasteiger partial charge < -0.3 is 0 Å². The van der Waals surface area contributed by atoms with Gasteiger partial charge in [-0.25, -0.2) is 4.90 Å². The highest BCUT2D eigenvalue weighted by molar-refractivity contribution is 9.10. The number of anilines is 1. The van der Waals surface area contributed by atoms with E-state index in [0.29, 0.717) is 18.2 Å². The summed E-state index contributed by atoms with van der Waals surface area (Å²) in [6.45, 7) is 3.07. The monoisotopic (exact) mass is 350 g/mol. The van der Waals surface area contributed by atoms with E-state index in [1.807, 2.05) is 24.3 Å². The fourth-order valence-electron chi connectivity index (χ4n) is 3.32. The third-order valence-electron chi connectivity index (χ3n) is 4.46. The van der Waals surface area contributed by atoms with Crippen molar-refractivity contribution in [1.29, 1.82) is 0 Å². The maximum absolute atomic E-state index is 12.7. The summed E-state index contributed by atoms with van der Waals surface area (Å²) in [5.74, 6) is -0.166. The number of likely N-dealkylation sites (tertiary alicyclic amines) is 1. The predicted octanol–water partition coefficient (Wildman–Crippen LogP) is 2.96. The van der Waals surface area contributed by atoms with Crippen LogP contribution < -0.4 is 4.90 Å². The molecule has 2 saturated heterocycles. The second kappa shape index (κ2) is 5.89. The Balaban J connectivity index is 1.83. The van der Waals surface area contributed by atoms with E-state index in [1.54, 1.807) is 0 Å². The number of nitrogens with zero attached hydrogens (tertiary/aromatic N) is 2. The molecule has 2 heterocycles. The van der Waals surface area contributed by atoms with Gasteiger partial charge in [0.25, 0.3) is 5.91 Å². The molecule has 0 aromatic heterocycles. The molecule has 0 N–H and O–H groups in total. The van der Waals surface area contributed by atoms with Crippen molar-refractivity contribution in [3.05, 3.63) is 28.7 Å². The SMILES string of the molecule is C[C@H]1CCCCN1[C@@H]1CC(=O)N(c2ccc(Br)cc2)C1=O. The van der Waals surface area contributed by atoms with Crippen LogP contribution in [0.3, 0.4) is 0 Å². The number of piperidine rings is 1. The topological polar surface area (TPSA) is 40.6 Å². The minimum absolute atomic E-state index is 0.0731. The van der Waals surface area contributed by atoms with Crippen LogP contribution in [0, 0.1) is 0 Å². The van der Waals surface area contributed by atoms with E-state index >= 15 is 0 Å². The fourth-order valence-corrected chi connectivity index (χ4v) is 3.58. The molecule has 4 nitrogen and oxygen atoms in total. The molecule has 3 rings (SSSR count). The van der Waals surface area contributed by atoms with Crippen LogP contribution in [0.5, 0.6) is 0 Å². The third-order valence-corrected chi connectivity index (χ3v) is 4.99. The van der Waals surface area contributed by atoms with Gasteiger partial charge in [0.2, 0.25) is 5.91 Å². The molecule has 1 aromatic carbocycles. The van der Waals surface area contributed by atoms with Crippen molar-refractivity contribution in [1.82, 2.24) is 4.90 Å². The van der Waals surface area contributed by atoms with Crippen LogP contribution in [-0.4, -0.2) is 35.3 Å². The molecule has 0 spiro atoms. The maximum Gasteiger partial charge on any atom is 0.251 e. The lowest BCUT2D eigenvalue weighted by molar-refractivity contribution is -0.123. The molecule has 0 saturated carbocycles. The number of benzene rings is 1. The Labute approximate surface area is 133 Å². The van der Waals surface area contributed by atoms with Crippen molar-refractivity contribution in [2.24, 2.45) is 0 Å². The first-order valence-electron chi connectivity index (χ1n) is 7.46. The van der Waals surface area contributed by atoms with E-state index in [-0.39, 0.29) is 17.9 Å². The molecule has 2 fully saturated rings. The van der Waals surface area contributed by atoms with Gasteiger partial charge in [0.15, 0.2) is 0 Å². The van der Waals surface area contributed by atoms with Crippen LogP contribution >= 0.6 is 15.9 Å². The van der Waals surface area contributed by atoms with E-state index in [9.17, 15) is 9.59 Å².